The molecule has 1 aromatic carbocycles. The molecule has 122 valence electrons. The molecule has 0 saturated carbocycles. The number of furan rings is 1. The summed E-state index contributed by atoms with van der Waals surface area (Å²) in [5.74, 6) is 0.943. The van der Waals surface area contributed by atoms with Gasteiger partial charge in [0.1, 0.15) is 11.3 Å². The van der Waals surface area contributed by atoms with E-state index in [1.54, 1.807) is 6.08 Å². The summed E-state index contributed by atoms with van der Waals surface area (Å²) in [6, 6.07) is 7.93. The van der Waals surface area contributed by atoms with E-state index in [1.165, 1.54) is 0 Å². The van der Waals surface area contributed by atoms with Crippen LogP contribution in [-0.4, -0.2) is 36.1 Å². The van der Waals surface area contributed by atoms with E-state index in [0.29, 0.717) is 13.1 Å². The van der Waals surface area contributed by atoms with Gasteiger partial charge in [-0.1, -0.05) is 25.1 Å². The zero-order valence-electron chi connectivity index (χ0n) is 13.9. The van der Waals surface area contributed by atoms with Crippen molar-refractivity contribution in [3.05, 3.63) is 41.7 Å². The molecule has 2 aromatic rings. The minimum absolute atomic E-state index is 0.0272. The standard InChI is InChI=1S/C19H23NO3/c1-4-17-16(15-7-5-6-8-18(15)23-17)9-10-19(21)20-11-13(2)22-14(3)12-20/h5-10,13-14H,4,11-12H2,1-3H3. The van der Waals surface area contributed by atoms with Crippen LogP contribution in [0.2, 0.25) is 0 Å². The van der Waals surface area contributed by atoms with Crippen molar-refractivity contribution in [3.63, 3.8) is 0 Å². The van der Waals surface area contributed by atoms with E-state index in [4.69, 9.17) is 9.15 Å². The van der Waals surface area contributed by atoms with Gasteiger partial charge < -0.3 is 14.1 Å². The van der Waals surface area contributed by atoms with Crippen LogP contribution in [0.25, 0.3) is 17.0 Å². The number of carbonyl (C=O) groups excluding carboxylic acids is 1. The monoisotopic (exact) mass is 313 g/mol. The summed E-state index contributed by atoms with van der Waals surface area (Å²) < 4.78 is 11.5. The van der Waals surface area contributed by atoms with Gasteiger partial charge in [-0.05, 0) is 26.0 Å². The van der Waals surface area contributed by atoms with E-state index in [9.17, 15) is 4.79 Å². The Morgan fingerprint density at radius 3 is 2.65 bits per heavy atom. The highest BCUT2D eigenvalue weighted by atomic mass is 16.5. The number of nitrogens with zero attached hydrogens (tertiary/aromatic N) is 1. The third-order valence-corrected chi connectivity index (χ3v) is 4.16. The summed E-state index contributed by atoms with van der Waals surface area (Å²) >= 11 is 0. The number of ether oxygens (including phenoxy) is 1. The first-order chi connectivity index (χ1) is 11.1. The fourth-order valence-electron chi connectivity index (χ4n) is 3.18. The minimum atomic E-state index is 0.0272. The summed E-state index contributed by atoms with van der Waals surface area (Å²) in [6.45, 7) is 7.33. The first kappa shape index (κ1) is 15.8. The number of benzene rings is 1. The third-order valence-electron chi connectivity index (χ3n) is 4.16. The van der Waals surface area contributed by atoms with Crippen molar-refractivity contribution in [3.8, 4) is 0 Å². The molecule has 23 heavy (non-hydrogen) atoms. The predicted molar refractivity (Wildman–Crippen MR) is 91.2 cm³/mol. The fourth-order valence-corrected chi connectivity index (χ4v) is 3.18. The van der Waals surface area contributed by atoms with Gasteiger partial charge in [-0.2, -0.15) is 0 Å². The molecule has 4 heteroatoms. The second-order valence-corrected chi connectivity index (χ2v) is 6.12. The van der Waals surface area contributed by atoms with E-state index in [1.807, 2.05) is 49.1 Å². The average Bonchev–Trinajstić information content (AvgIpc) is 2.89. The molecule has 0 N–H and O–H groups in total. The molecule has 2 heterocycles. The molecule has 1 fully saturated rings. The van der Waals surface area contributed by atoms with Gasteiger partial charge in [-0.25, -0.2) is 0 Å². The number of amides is 1. The van der Waals surface area contributed by atoms with Gasteiger partial charge in [0.15, 0.2) is 0 Å². The number of hydrogen-bond acceptors (Lipinski definition) is 3. The maximum absolute atomic E-state index is 12.5. The van der Waals surface area contributed by atoms with Crippen molar-refractivity contribution in [2.24, 2.45) is 0 Å². The Kier molecular flexibility index (Phi) is 4.53. The molecule has 0 aliphatic carbocycles. The zero-order valence-corrected chi connectivity index (χ0v) is 13.9. The van der Waals surface area contributed by atoms with Gasteiger partial charge in [0.25, 0.3) is 0 Å². The van der Waals surface area contributed by atoms with Gasteiger partial charge in [0.2, 0.25) is 5.91 Å². The zero-order chi connectivity index (χ0) is 16.4. The molecule has 4 nitrogen and oxygen atoms in total. The van der Waals surface area contributed by atoms with E-state index < -0.39 is 0 Å². The van der Waals surface area contributed by atoms with E-state index in [-0.39, 0.29) is 18.1 Å². The average molecular weight is 313 g/mol. The van der Waals surface area contributed by atoms with E-state index >= 15 is 0 Å². The second kappa shape index (κ2) is 6.59. The maximum Gasteiger partial charge on any atom is 0.246 e. The van der Waals surface area contributed by atoms with E-state index in [0.717, 1.165) is 28.7 Å². The van der Waals surface area contributed by atoms with Crippen molar-refractivity contribution < 1.29 is 13.9 Å². The minimum Gasteiger partial charge on any atom is -0.460 e. The first-order valence-corrected chi connectivity index (χ1v) is 8.21. The highest BCUT2D eigenvalue weighted by Gasteiger charge is 2.24. The lowest BCUT2D eigenvalue weighted by atomic mass is 10.1. The highest BCUT2D eigenvalue weighted by molar-refractivity contribution is 5.96. The summed E-state index contributed by atoms with van der Waals surface area (Å²) in [4.78, 5) is 14.3. The van der Waals surface area contributed by atoms with Crippen LogP contribution in [0.5, 0.6) is 0 Å². The Balaban J connectivity index is 1.83. The van der Waals surface area contributed by atoms with Crippen LogP contribution in [-0.2, 0) is 16.0 Å². The number of aryl methyl sites for hydroxylation is 1. The molecule has 0 radical (unpaired) electrons. The normalized spacial score (nSPS) is 22.1. The largest absolute Gasteiger partial charge is 0.460 e. The van der Waals surface area contributed by atoms with Crippen molar-refractivity contribution in [2.45, 2.75) is 39.4 Å². The van der Waals surface area contributed by atoms with Crippen LogP contribution in [0, 0.1) is 0 Å². The SMILES string of the molecule is CCc1oc2ccccc2c1C=CC(=O)N1CC(C)OC(C)C1. The quantitative estimate of drug-likeness (QED) is 0.812. The van der Waals surface area contributed by atoms with Crippen molar-refractivity contribution in [2.75, 3.05) is 13.1 Å². The van der Waals surface area contributed by atoms with Gasteiger partial charge in [-0.15, -0.1) is 0 Å². The predicted octanol–water partition coefficient (Wildman–Crippen LogP) is 3.64. The molecule has 1 aliphatic rings. The lowest BCUT2D eigenvalue weighted by Gasteiger charge is -2.34. The van der Waals surface area contributed by atoms with Crippen LogP contribution in [0.15, 0.2) is 34.8 Å². The Hall–Kier alpha value is -2.07. The topological polar surface area (TPSA) is 42.7 Å². The number of carbonyl (C=O) groups is 1. The summed E-state index contributed by atoms with van der Waals surface area (Å²) in [5, 5.41) is 1.05. The molecule has 1 aliphatic heterocycles. The summed E-state index contributed by atoms with van der Waals surface area (Å²) in [5.41, 5.74) is 1.87. The number of hydrogen-bond donors (Lipinski definition) is 0. The van der Waals surface area contributed by atoms with Crippen molar-refractivity contribution in [1.82, 2.24) is 4.90 Å². The number of morpholine rings is 1. The smallest absolute Gasteiger partial charge is 0.246 e. The van der Waals surface area contributed by atoms with Crippen molar-refractivity contribution in [1.29, 1.82) is 0 Å². The number of fused-ring (bicyclic) bond motifs is 1. The Morgan fingerprint density at radius 2 is 1.96 bits per heavy atom. The van der Waals surface area contributed by atoms with Crippen molar-refractivity contribution >= 4 is 23.0 Å². The Labute approximate surface area is 136 Å². The molecule has 3 rings (SSSR count). The van der Waals surface area contributed by atoms with Crippen LogP contribution in [0.1, 0.15) is 32.1 Å². The summed E-state index contributed by atoms with van der Waals surface area (Å²) in [7, 11) is 0. The molecule has 2 atom stereocenters. The van der Waals surface area contributed by atoms with Gasteiger partial charge in [0.05, 0.1) is 12.2 Å². The van der Waals surface area contributed by atoms with E-state index in [2.05, 4.69) is 6.92 Å². The van der Waals surface area contributed by atoms with Crippen LogP contribution < -0.4 is 0 Å². The second-order valence-electron chi connectivity index (χ2n) is 6.12. The van der Waals surface area contributed by atoms with Crippen LogP contribution >= 0.6 is 0 Å². The maximum atomic E-state index is 12.5. The first-order valence-electron chi connectivity index (χ1n) is 8.21. The van der Waals surface area contributed by atoms with Gasteiger partial charge >= 0.3 is 0 Å². The fraction of sp³-hybridized carbons (Fsp3) is 0.421. The Bertz CT molecular complexity index is 721. The molecule has 1 saturated heterocycles. The van der Waals surface area contributed by atoms with Crippen LogP contribution in [0.3, 0.4) is 0 Å². The molecular formula is C19H23NO3. The number of rotatable bonds is 3. The molecular weight excluding hydrogens is 290 g/mol. The van der Waals surface area contributed by atoms with Gasteiger partial charge in [-0.3, -0.25) is 4.79 Å². The van der Waals surface area contributed by atoms with Gasteiger partial charge in [0, 0.05) is 36.5 Å². The lowest BCUT2D eigenvalue weighted by molar-refractivity contribution is -0.137. The molecule has 2 unspecified atom stereocenters. The molecule has 1 aromatic heterocycles. The number of para-hydroxylation sites is 1. The molecule has 0 spiro atoms. The van der Waals surface area contributed by atoms with Crippen LogP contribution in [0.4, 0.5) is 0 Å². The molecule has 1 amide bonds. The lowest BCUT2D eigenvalue weighted by Crippen LogP contribution is -2.47. The molecule has 0 bridgehead atoms. The highest BCUT2D eigenvalue weighted by Crippen LogP contribution is 2.27. The third kappa shape index (κ3) is 3.32. The Morgan fingerprint density at radius 1 is 1.26 bits per heavy atom. The summed E-state index contributed by atoms with van der Waals surface area (Å²) in [6.07, 6.45) is 4.50.